The lowest BCUT2D eigenvalue weighted by Crippen LogP contribution is -2.13. The van der Waals surface area contributed by atoms with E-state index < -0.39 is 0 Å². The van der Waals surface area contributed by atoms with Gasteiger partial charge in [0.2, 0.25) is 0 Å². The highest BCUT2D eigenvalue weighted by Crippen LogP contribution is 2.17. The molecule has 0 spiro atoms. The van der Waals surface area contributed by atoms with Gasteiger partial charge in [0, 0.05) is 12.6 Å². The summed E-state index contributed by atoms with van der Waals surface area (Å²) in [5, 5.41) is 7.39. The molecule has 0 aliphatic rings. The molecule has 0 bridgehead atoms. The molecular weight excluding hydrogens is 242 g/mol. The molecule has 0 amide bonds. The third-order valence-electron chi connectivity index (χ3n) is 2.87. The Morgan fingerprint density at radius 3 is 3.00 bits per heavy atom. The van der Waals surface area contributed by atoms with E-state index in [4.69, 9.17) is 9.15 Å². The fourth-order valence-corrected chi connectivity index (χ4v) is 1.84. The van der Waals surface area contributed by atoms with Crippen LogP contribution in [-0.4, -0.2) is 16.3 Å². The van der Waals surface area contributed by atoms with Crippen LogP contribution < -0.4 is 10.1 Å². The molecule has 0 saturated heterocycles. The van der Waals surface area contributed by atoms with Gasteiger partial charge in [0.1, 0.15) is 18.1 Å². The Balaban J connectivity index is 1.89. The van der Waals surface area contributed by atoms with Crippen molar-refractivity contribution in [3.63, 3.8) is 0 Å². The highest BCUT2D eigenvalue weighted by atomic mass is 16.5. The van der Waals surface area contributed by atoms with Crippen LogP contribution in [-0.2, 0) is 20.2 Å². The number of hydrogen-bond donors (Lipinski definition) is 1. The van der Waals surface area contributed by atoms with Gasteiger partial charge in [-0.15, -0.1) is 0 Å². The summed E-state index contributed by atoms with van der Waals surface area (Å²) in [6, 6.07) is 2.05. The van der Waals surface area contributed by atoms with E-state index in [1.807, 2.05) is 26.2 Å². The number of aryl methyl sites for hydroxylation is 2. The highest BCUT2D eigenvalue weighted by molar-refractivity contribution is 5.21. The number of nitrogens with zero attached hydrogens (tertiary/aromatic N) is 2. The zero-order valence-electron chi connectivity index (χ0n) is 11.8. The van der Waals surface area contributed by atoms with Gasteiger partial charge in [-0.1, -0.05) is 6.92 Å². The lowest BCUT2D eigenvalue weighted by molar-refractivity contribution is 0.302. The quantitative estimate of drug-likeness (QED) is 0.779. The van der Waals surface area contributed by atoms with E-state index in [9.17, 15) is 0 Å². The predicted octanol–water partition coefficient (Wildman–Crippen LogP) is 2.40. The van der Waals surface area contributed by atoms with Gasteiger partial charge in [0.15, 0.2) is 5.75 Å². The summed E-state index contributed by atoms with van der Waals surface area (Å²) in [4.78, 5) is 0. The van der Waals surface area contributed by atoms with Crippen molar-refractivity contribution in [3.8, 4) is 5.75 Å². The first-order chi connectivity index (χ1) is 9.19. The van der Waals surface area contributed by atoms with Gasteiger partial charge >= 0.3 is 0 Å². The summed E-state index contributed by atoms with van der Waals surface area (Å²) in [7, 11) is 1.87. The van der Waals surface area contributed by atoms with Crippen LogP contribution in [0.15, 0.2) is 22.9 Å². The number of aromatic nitrogens is 2. The van der Waals surface area contributed by atoms with Gasteiger partial charge in [0.25, 0.3) is 0 Å². The number of furan rings is 1. The summed E-state index contributed by atoms with van der Waals surface area (Å²) in [5.41, 5.74) is 1.08. The maximum atomic E-state index is 5.69. The monoisotopic (exact) mass is 263 g/mol. The average molecular weight is 263 g/mol. The van der Waals surface area contributed by atoms with Crippen LogP contribution in [0.5, 0.6) is 5.75 Å². The number of nitrogens with one attached hydrogen (secondary N) is 1. The van der Waals surface area contributed by atoms with E-state index in [1.165, 1.54) is 0 Å². The normalized spacial score (nSPS) is 10.9. The molecule has 2 aromatic rings. The first-order valence-electron chi connectivity index (χ1n) is 6.59. The van der Waals surface area contributed by atoms with E-state index >= 15 is 0 Å². The second-order valence-electron chi connectivity index (χ2n) is 4.61. The second kappa shape index (κ2) is 6.43. The van der Waals surface area contributed by atoms with Crippen LogP contribution in [0.2, 0.25) is 0 Å². The molecule has 5 heteroatoms. The molecule has 0 aliphatic carbocycles. The third-order valence-corrected chi connectivity index (χ3v) is 2.87. The number of hydrogen-bond acceptors (Lipinski definition) is 4. The maximum absolute atomic E-state index is 5.69. The van der Waals surface area contributed by atoms with Gasteiger partial charge in [0.05, 0.1) is 18.9 Å². The van der Waals surface area contributed by atoms with Crippen molar-refractivity contribution in [2.75, 3.05) is 6.54 Å². The van der Waals surface area contributed by atoms with Crippen LogP contribution in [0.3, 0.4) is 0 Å². The van der Waals surface area contributed by atoms with E-state index in [2.05, 4.69) is 17.3 Å². The predicted molar refractivity (Wildman–Crippen MR) is 73.0 cm³/mol. The zero-order valence-corrected chi connectivity index (χ0v) is 11.8. The van der Waals surface area contributed by atoms with Crippen molar-refractivity contribution >= 4 is 0 Å². The Labute approximate surface area is 113 Å². The number of ether oxygens (including phenoxy) is 1. The molecule has 104 valence electrons. The van der Waals surface area contributed by atoms with Gasteiger partial charge in [-0.2, -0.15) is 5.10 Å². The summed E-state index contributed by atoms with van der Waals surface area (Å²) in [6.07, 6.45) is 4.68. The Morgan fingerprint density at radius 1 is 1.47 bits per heavy atom. The molecule has 0 aromatic carbocycles. The molecule has 0 radical (unpaired) electrons. The fraction of sp³-hybridized carbons (Fsp3) is 0.500. The van der Waals surface area contributed by atoms with Crippen LogP contribution in [0.1, 0.15) is 30.4 Å². The van der Waals surface area contributed by atoms with E-state index in [1.54, 1.807) is 10.9 Å². The number of rotatable bonds is 7. The van der Waals surface area contributed by atoms with Crippen molar-refractivity contribution in [1.29, 1.82) is 0 Å². The van der Waals surface area contributed by atoms with Crippen molar-refractivity contribution in [3.05, 3.63) is 35.5 Å². The second-order valence-corrected chi connectivity index (χ2v) is 4.61. The topological polar surface area (TPSA) is 52.2 Å². The van der Waals surface area contributed by atoms with Crippen molar-refractivity contribution in [2.45, 2.75) is 33.4 Å². The van der Waals surface area contributed by atoms with E-state index in [-0.39, 0.29) is 0 Å². The van der Waals surface area contributed by atoms with Crippen LogP contribution in [0.4, 0.5) is 0 Å². The van der Waals surface area contributed by atoms with Crippen LogP contribution in [0.25, 0.3) is 0 Å². The molecule has 0 fully saturated rings. The summed E-state index contributed by atoms with van der Waals surface area (Å²) in [6.45, 7) is 6.39. The minimum Gasteiger partial charge on any atom is -0.485 e. The van der Waals surface area contributed by atoms with Gasteiger partial charge in [-0.05, 0) is 26.0 Å². The highest BCUT2D eigenvalue weighted by Gasteiger charge is 2.08. The lowest BCUT2D eigenvalue weighted by atomic mass is 10.2. The van der Waals surface area contributed by atoms with Crippen molar-refractivity contribution in [2.24, 2.45) is 7.05 Å². The van der Waals surface area contributed by atoms with Gasteiger partial charge < -0.3 is 14.5 Å². The van der Waals surface area contributed by atoms with Gasteiger partial charge in [-0.3, -0.25) is 4.68 Å². The molecule has 1 N–H and O–H groups in total. The van der Waals surface area contributed by atoms with Crippen LogP contribution >= 0.6 is 0 Å². The molecule has 2 aromatic heterocycles. The largest absolute Gasteiger partial charge is 0.485 e. The third kappa shape index (κ3) is 3.86. The molecule has 0 atom stereocenters. The zero-order chi connectivity index (χ0) is 13.7. The Hall–Kier alpha value is -1.75. The molecule has 2 rings (SSSR count). The Bertz CT molecular complexity index is 516. The van der Waals surface area contributed by atoms with E-state index in [0.29, 0.717) is 6.61 Å². The van der Waals surface area contributed by atoms with Crippen LogP contribution in [0, 0.1) is 6.92 Å². The summed E-state index contributed by atoms with van der Waals surface area (Å²) < 4.78 is 13.1. The molecule has 2 heterocycles. The Morgan fingerprint density at radius 2 is 2.32 bits per heavy atom. The smallest absolute Gasteiger partial charge is 0.157 e. The van der Waals surface area contributed by atoms with E-state index in [0.717, 1.165) is 42.3 Å². The minimum atomic E-state index is 0.509. The summed E-state index contributed by atoms with van der Waals surface area (Å²) in [5.74, 6) is 2.64. The van der Waals surface area contributed by atoms with Crippen molar-refractivity contribution in [1.82, 2.24) is 15.1 Å². The molecule has 0 aliphatic heterocycles. The molecule has 19 heavy (non-hydrogen) atoms. The average Bonchev–Trinajstić information content (AvgIpc) is 2.94. The molecule has 0 saturated carbocycles. The first kappa shape index (κ1) is 13.7. The first-order valence-corrected chi connectivity index (χ1v) is 6.59. The molecule has 5 nitrogen and oxygen atoms in total. The SMILES string of the molecule is CCCNCc1cc(COc2cnn(C)c2)c(C)o1. The standard InChI is InChI=1S/C14H21N3O2/c1-4-5-15-7-13-6-12(11(2)19-13)10-18-14-8-16-17(3)9-14/h6,8-9,15H,4-5,7,10H2,1-3H3. The minimum absolute atomic E-state index is 0.509. The Kier molecular flexibility index (Phi) is 4.63. The summed E-state index contributed by atoms with van der Waals surface area (Å²) >= 11 is 0. The fourth-order valence-electron chi connectivity index (χ4n) is 1.84. The van der Waals surface area contributed by atoms with Gasteiger partial charge in [-0.25, -0.2) is 0 Å². The lowest BCUT2D eigenvalue weighted by Gasteiger charge is -2.00. The molecular formula is C14H21N3O2. The van der Waals surface area contributed by atoms with Crippen molar-refractivity contribution < 1.29 is 9.15 Å². The maximum Gasteiger partial charge on any atom is 0.157 e. The molecule has 0 unspecified atom stereocenters.